The van der Waals surface area contributed by atoms with E-state index in [0.29, 0.717) is 10.8 Å². The maximum absolute atomic E-state index is 5.80. The predicted molar refractivity (Wildman–Crippen MR) is 81.6 cm³/mol. The van der Waals surface area contributed by atoms with E-state index < -0.39 is 0 Å². The molecule has 0 radical (unpaired) electrons. The first-order valence-corrected chi connectivity index (χ1v) is 7.45. The molecule has 1 aromatic heterocycles. The van der Waals surface area contributed by atoms with E-state index >= 15 is 0 Å². The van der Waals surface area contributed by atoms with Crippen LogP contribution in [0.4, 0.5) is 0 Å². The third-order valence-corrected chi connectivity index (χ3v) is 4.12. The minimum absolute atomic E-state index is 0.619. The average Bonchev–Trinajstić information content (AvgIpc) is 2.79. The molecular weight excluding hydrogens is 278 g/mol. The Kier molecular flexibility index (Phi) is 4.66. The highest BCUT2D eigenvalue weighted by atomic mass is 35.5. The van der Waals surface area contributed by atoms with Crippen LogP contribution in [0.15, 0.2) is 41.0 Å². The van der Waals surface area contributed by atoms with E-state index in [9.17, 15) is 0 Å². The van der Waals surface area contributed by atoms with Crippen molar-refractivity contribution in [2.75, 3.05) is 5.75 Å². The minimum atomic E-state index is 0.619. The highest BCUT2D eigenvalue weighted by Gasteiger charge is 2.14. The van der Waals surface area contributed by atoms with Crippen molar-refractivity contribution in [3.05, 3.63) is 41.4 Å². The lowest BCUT2D eigenvalue weighted by Gasteiger charge is -2.08. The highest BCUT2D eigenvalue weighted by Crippen LogP contribution is 2.27. The van der Waals surface area contributed by atoms with Crippen LogP contribution in [0.25, 0.3) is 11.4 Å². The molecule has 0 aliphatic carbocycles. The van der Waals surface area contributed by atoms with Crippen molar-refractivity contribution in [2.45, 2.75) is 25.5 Å². The number of benzene rings is 1. The van der Waals surface area contributed by atoms with Gasteiger partial charge in [-0.15, -0.1) is 10.2 Å². The van der Waals surface area contributed by atoms with Gasteiger partial charge in [0.25, 0.3) is 0 Å². The molecule has 2 aromatic rings. The zero-order valence-corrected chi connectivity index (χ0v) is 12.6. The second-order valence-corrected chi connectivity index (χ2v) is 5.65. The van der Waals surface area contributed by atoms with Gasteiger partial charge < -0.3 is 4.57 Å². The number of aryl methyl sites for hydroxylation is 1. The second-order valence-electron chi connectivity index (χ2n) is 4.17. The summed E-state index contributed by atoms with van der Waals surface area (Å²) in [5.74, 6) is 1.55. The molecule has 0 saturated heterocycles. The molecule has 2 rings (SSSR count). The van der Waals surface area contributed by atoms with Gasteiger partial charge in [-0.1, -0.05) is 54.2 Å². The summed E-state index contributed by atoms with van der Waals surface area (Å²) in [4.78, 5) is 0. The van der Waals surface area contributed by atoms with Crippen LogP contribution >= 0.6 is 23.4 Å². The van der Waals surface area contributed by atoms with Crippen LogP contribution < -0.4 is 0 Å². The summed E-state index contributed by atoms with van der Waals surface area (Å²) < 4.78 is 2.10. The highest BCUT2D eigenvalue weighted by molar-refractivity contribution is 7.99. The van der Waals surface area contributed by atoms with Crippen molar-refractivity contribution in [3.8, 4) is 11.4 Å². The molecule has 0 atom stereocenters. The lowest BCUT2D eigenvalue weighted by molar-refractivity contribution is 0.687. The maximum Gasteiger partial charge on any atom is 0.191 e. The number of rotatable bonds is 5. The van der Waals surface area contributed by atoms with Gasteiger partial charge in [-0.2, -0.15) is 0 Å². The number of halogens is 1. The second kappa shape index (κ2) is 6.26. The van der Waals surface area contributed by atoms with Crippen LogP contribution in [0.1, 0.15) is 12.5 Å². The molecule has 0 aliphatic heterocycles. The number of aromatic nitrogens is 3. The summed E-state index contributed by atoms with van der Waals surface area (Å²) in [5, 5.41) is 10.1. The molecule has 5 heteroatoms. The average molecular weight is 294 g/mol. The molecule has 0 saturated carbocycles. The van der Waals surface area contributed by atoms with Gasteiger partial charge in [0.15, 0.2) is 11.0 Å². The molecule has 0 unspecified atom stereocenters. The van der Waals surface area contributed by atoms with E-state index in [1.165, 1.54) is 5.56 Å². The molecule has 0 bridgehead atoms. The zero-order valence-electron chi connectivity index (χ0n) is 11.1. The number of hydrogen-bond donors (Lipinski definition) is 0. The molecular formula is C14H16ClN3S. The maximum atomic E-state index is 5.80. The molecule has 0 spiro atoms. The van der Waals surface area contributed by atoms with Crippen LogP contribution in [0.5, 0.6) is 0 Å². The van der Waals surface area contributed by atoms with Crippen molar-refractivity contribution in [1.82, 2.24) is 14.8 Å². The van der Waals surface area contributed by atoms with E-state index in [1.807, 2.05) is 12.1 Å². The van der Waals surface area contributed by atoms with E-state index in [1.54, 1.807) is 11.8 Å². The smallest absolute Gasteiger partial charge is 0.191 e. The van der Waals surface area contributed by atoms with E-state index in [2.05, 4.69) is 47.3 Å². The Morgan fingerprint density at radius 1 is 1.37 bits per heavy atom. The van der Waals surface area contributed by atoms with Crippen molar-refractivity contribution in [3.63, 3.8) is 0 Å². The van der Waals surface area contributed by atoms with Gasteiger partial charge in [-0.25, -0.2) is 0 Å². The lowest BCUT2D eigenvalue weighted by atomic mass is 10.1. The number of hydrogen-bond acceptors (Lipinski definition) is 3. The van der Waals surface area contributed by atoms with E-state index in [0.717, 1.165) is 23.1 Å². The first kappa shape index (κ1) is 14.2. The van der Waals surface area contributed by atoms with Gasteiger partial charge in [0.2, 0.25) is 0 Å². The van der Waals surface area contributed by atoms with Crippen molar-refractivity contribution < 1.29 is 0 Å². The van der Waals surface area contributed by atoms with Crippen LogP contribution in [0.3, 0.4) is 0 Å². The Labute approximate surface area is 122 Å². The monoisotopic (exact) mass is 293 g/mol. The fourth-order valence-corrected chi connectivity index (χ4v) is 2.77. The topological polar surface area (TPSA) is 30.7 Å². The summed E-state index contributed by atoms with van der Waals surface area (Å²) >= 11 is 7.36. The standard InChI is InChI=1S/C14H16ClN3S/c1-4-18-13(12-8-6-5-7-10(12)2)16-17-14(18)19-9-11(3)15/h5-8H,3-4,9H2,1-2H3. The van der Waals surface area contributed by atoms with Gasteiger partial charge in [0.1, 0.15) is 0 Å². The summed E-state index contributed by atoms with van der Waals surface area (Å²) in [6, 6.07) is 8.20. The summed E-state index contributed by atoms with van der Waals surface area (Å²) in [6.45, 7) is 8.69. The first-order valence-electron chi connectivity index (χ1n) is 6.08. The molecule has 100 valence electrons. The molecule has 3 nitrogen and oxygen atoms in total. The quantitative estimate of drug-likeness (QED) is 0.777. The van der Waals surface area contributed by atoms with Crippen molar-refractivity contribution in [1.29, 1.82) is 0 Å². The third kappa shape index (κ3) is 3.19. The van der Waals surface area contributed by atoms with Gasteiger partial charge in [0.05, 0.1) is 0 Å². The summed E-state index contributed by atoms with van der Waals surface area (Å²) in [5.41, 5.74) is 2.32. The lowest BCUT2D eigenvalue weighted by Crippen LogP contribution is -2.01. The van der Waals surface area contributed by atoms with Gasteiger partial charge in [-0.05, 0) is 19.4 Å². The zero-order chi connectivity index (χ0) is 13.8. The predicted octanol–water partition coefficient (Wildman–Crippen LogP) is 4.12. The number of thioether (sulfide) groups is 1. The molecule has 0 aliphatic rings. The Balaban J connectivity index is 2.37. The Hall–Kier alpha value is -1.26. The van der Waals surface area contributed by atoms with Crippen LogP contribution in [-0.2, 0) is 6.54 Å². The Morgan fingerprint density at radius 3 is 2.74 bits per heavy atom. The molecule has 1 heterocycles. The van der Waals surface area contributed by atoms with Crippen LogP contribution in [0.2, 0.25) is 0 Å². The SMILES string of the molecule is C=C(Cl)CSc1nnc(-c2ccccc2C)n1CC. The van der Waals surface area contributed by atoms with Crippen LogP contribution in [-0.4, -0.2) is 20.5 Å². The van der Waals surface area contributed by atoms with Gasteiger partial charge >= 0.3 is 0 Å². The van der Waals surface area contributed by atoms with Gasteiger partial charge in [-0.3, -0.25) is 0 Å². The van der Waals surface area contributed by atoms with E-state index in [4.69, 9.17) is 11.6 Å². The normalized spacial score (nSPS) is 10.7. The number of nitrogens with zero attached hydrogens (tertiary/aromatic N) is 3. The fraction of sp³-hybridized carbons (Fsp3) is 0.286. The fourth-order valence-electron chi connectivity index (χ4n) is 1.85. The Bertz CT molecular complexity index is 592. The Morgan fingerprint density at radius 2 is 2.11 bits per heavy atom. The summed E-state index contributed by atoms with van der Waals surface area (Å²) in [7, 11) is 0. The summed E-state index contributed by atoms with van der Waals surface area (Å²) in [6.07, 6.45) is 0. The van der Waals surface area contributed by atoms with Crippen molar-refractivity contribution in [2.24, 2.45) is 0 Å². The largest absolute Gasteiger partial charge is 0.302 e. The molecule has 19 heavy (non-hydrogen) atoms. The third-order valence-electron chi connectivity index (χ3n) is 2.78. The van der Waals surface area contributed by atoms with Crippen LogP contribution in [0, 0.1) is 6.92 Å². The molecule has 0 N–H and O–H groups in total. The minimum Gasteiger partial charge on any atom is -0.302 e. The first-order chi connectivity index (χ1) is 9.13. The molecule has 1 aromatic carbocycles. The van der Waals surface area contributed by atoms with E-state index in [-0.39, 0.29) is 0 Å². The van der Waals surface area contributed by atoms with Crippen molar-refractivity contribution >= 4 is 23.4 Å². The van der Waals surface area contributed by atoms with Gasteiger partial charge in [0, 0.05) is 22.9 Å². The molecule has 0 amide bonds. The molecule has 0 fully saturated rings.